The average Bonchev–Trinajstić information content (AvgIpc) is 3.13. The molecule has 0 spiro atoms. The Hall–Kier alpha value is -5.36. The van der Waals surface area contributed by atoms with Crippen LogP contribution >= 0.6 is 24.1 Å². The van der Waals surface area contributed by atoms with Crippen molar-refractivity contribution >= 4 is 96.5 Å². The highest BCUT2D eigenvalue weighted by Gasteiger charge is 2.33. The number of hydrogen-bond acceptors (Lipinski definition) is 17. The van der Waals surface area contributed by atoms with E-state index in [1.807, 2.05) is 38.1 Å². The van der Waals surface area contributed by atoms with Crippen LogP contribution in [0.4, 0.5) is 17.1 Å². The molecule has 0 heterocycles. The predicted molar refractivity (Wildman–Crippen MR) is 209 cm³/mol. The lowest BCUT2D eigenvalue weighted by molar-refractivity contribution is 0.105. The van der Waals surface area contributed by atoms with Gasteiger partial charge in [-0.2, -0.15) is 32.9 Å². The summed E-state index contributed by atoms with van der Waals surface area (Å²) in [5, 5.41) is 8.40. The molecule has 21 heteroatoms. The lowest BCUT2D eigenvalue weighted by Crippen LogP contribution is -2.23. The van der Waals surface area contributed by atoms with Gasteiger partial charge in [0.25, 0.3) is 20.2 Å². The van der Waals surface area contributed by atoms with E-state index < -0.39 is 41.6 Å². The summed E-state index contributed by atoms with van der Waals surface area (Å²) in [4.78, 5) is 30.0. The molecule has 2 aliphatic rings. The Labute approximate surface area is 321 Å². The van der Waals surface area contributed by atoms with Gasteiger partial charge in [0.1, 0.15) is 21.2 Å². The van der Waals surface area contributed by atoms with E-state index in [9.17, 15) is 44.6 Å². The number of nitrogen functional groups attached to an aromatic ring is 1. The Balaban J connectivity index is 1.21. The minimum atomic E-state index is -4.80. The first-order chi connectivity index (χ1) is 26.0. The van der Waals surface area contributed by atoms with Crippen LogP contribution in [-0.2, 0) is 20.2 Å². The summed E-state index contributed by atoms with van der Waals surface area (Å²) in [6, 6.07) is 12.7. The van der Waals surface area contributed by atoms with Crippen LogP contribution in [0.2, 0.25) is 0 Å². The number of carbonyl (C=O) groups is 2. The SMILES string of the molecule is Cc1cc(-c2ccc(N/N=C3\C=Cc4c(S(=O)(=O)O)cc(SO)c(N)c4C3=O)c(C)c2)ccc1N/N=C1/C=Cc2c(S(=O)(=O)O)cc(SO)c(ON)c2C1=O. The van der Waals surface area contributed by atoms with Crippen LogP contribution < -0.4 is 27.3 Å². The maximum atomic E-state index is 13.4. The van der Waals surface area contributed by atoms with Crippen molar-refractivity contribution in [2.45, 2.75) is 33.4 Å². The van der Waals surface area contributed by atoms with Crippen LogP contribution in [0.1, 0.15) is 43.0 Å². The van der Waals surface area contributed by atoms with Crippen molar-refractivity contribution in [2.75, 3.05) is 16.6 Å². The fourth-order valence-electron chi connectivity index (χ4n) is 5.87. The highest BCUT2D eigenvalue weighted by Crippen LogP contribution is 2.40. The molecule has 17 nitrogen and oxygen atoms in total. The molecule has 55 heavy (non-hydrogen) atoms. The topological polar surface area (TPSA) is 293 Å². The number of hydrazone groups is 2. The number of ketones is 2. The van der Waals surface area contributed by atoms with Crippen molar-refractivity contribution in [3.63, 3.8) is 0 Å². The Morgan fingerprint density at radius 3 is 1.53 bits per heavy atom. The molecule has 0 radical (unpaired) electrons. The largest absolute Gasteiger partial charge is 0.409 e. The van der Waals surface area contributed by atoms with E-state index >= 15 is 0 Å². The molecule has 0 amide bonds. The zero-order valence-electron chi connectivity index (χ0n) is 28.3. The van der Waals surface area contributed by atoms with E-state index in [0.717, 1.165) is 34.4 Å². The second-order valence-corrected chi connectivity index (χ2v) is 15.9. The maximum absolute atomic E-state index is 13.4. The number of Topliss-reactive ketones (excluding diaryl/α,β-unsaturated/α-hetero) is 2. The van der Waals surface area contributed by atoms with E-state index in [1.165, 1.54) is 24.3 Å². The number of anilines is 3. The first-order valence-electron chi connectivity index (χ1n) is 15.4. The highest BCUT2D eigenvalue weighted by atomic mass is 32.2. The highest BCUT2D eigenvalue weighted by molar-refractivity contribution is 7.94. The van der Waals surface area contributed by atoms with E-state index in [1.54, 1.807) is 12.1 Å². The number of nitrogens with one attached hydrogen (secondary N) is 2. The number of nitrogens with two attached hydrogens (primary N) is 2. The summed E-state index contributed by atoms with van der Waals surface area (Å²) in [6.45, 7) is 3.62. The number of fused-ring (bicyclic) bond motifs is 2. The summed E-state index contributed by atoms with van der Waals surface area (Å²) in [7, 11) is -9.55. The quantitative estimate of drug-likeness (QED) is 0.0406. The van der Waals surface area contributed by atoms with Crippen molar-refractivity contribution in [1.82, 2.24) is 0 Å². The molecule has 0 unspecified atom stereocenters. The first-order valence-corrected chi connectivity index (χ1v) is 19.9. The lowest BCUT2D eigenvalue weighted by atomic mass is 9.93. The first kappa shape index (κ1) is 39.3. The van der Waals surface area contributed by atoms with Crippen LogP contribution in [0, 0.1) is 13.8 Å². The minimum absolute atomic E-state index is 0.0793. The molecule has 6 rings (SSSR count). The second kappa shape index (κ2) is 15.1. The summed E-state index contributed by atoms with van der Waals surface area (Å²) in [5.74, 6) is 3.54. The van der Waals surface area contributed by atoms with Crippen LogP contribution in [0.15, 0.2) is 90.5 Å². The summed E-state index contributed by atoms with van der Waals surface area (Å²) >= 11 is 0.211. The molecular formula is C34H28N6O11S4. The monoisotopic (exact) mass is 824 g/mol. The van der Waals surface area contributed by atoms with E-state index in [4.69, 9.17) is 16.5 Å². The van der Waals surface area contributed by atoms with Crippen LogP contribution in [0.5, 0.6) is 5.75 Å². The average molecular weight is 825 g/mol. The van der Waals surface area contributed by atoms with Crippen molar-refractivity contribution in [1.29, 1.82) is 0 Å². The molecule has 2 aliphatic carbocycles. The van der Waals surface area contributed by atoms with Gasteiger partial charge in [-0.1, -0.05) is 24.3 Å². The van der Waals surface area contributed by atoms with Gasteiger partial charge in [-0.15, -0.1) is 0 Å². The maximum Gasteiger partial charge on any atom is 0.295 e. The Morgan fingerprint density at radius 1 is 0.673 bits per heavy atom. The number of allylic oxidation sites excluding steroid dienone is 2. The molecule has 4 aromatic rings. The summed E-state index contributed by atoms with van der Waals surface area (Å²) in [5.41, 5.74) is 14.7. The fraction of sp³-hybridized carbons (Fsp3) is 0.0588. The molecule has 0 saturated heterocycles. The Bertz CT molecular complexity index is 2690. The van der Waals surface area contributed by atoms with E-state index in [-0.39, 0.29) is 79.0 Å². The molecule has 0 fully saturated rings. The molecule has 10 N–H and O–H groups in total. The van der Waals surface area contributed by atoms with E-state index in [2.05, 4.69) is 21.1 Å². The normalized spacial score (nSPS) is 15.3. The number of benzene rings is 4. The van der Waals surface area contributed by atoms with Gasteiger partial charge in [0, 0.05) is 35.2 Å². The smallest absolute Gasteiger partial charge is 0.295 e. The third kappa shape index (κ3) is 7.52. The van der Waals surface area contributed by atoms with Gasteiger partial charge in [-0.05, 0) is 84.7 Å². The molecule has 0 bridgehead atoms. The summed E-state index contributed by atoms with van der Waals surface area (Å²) < 4.78 is 86.6. The van der Waals surface area contributed by atoms with Crippen molar-refractivity contribution in [3.05, 3.63) is 94.1 Å². The number of hydrogen-bond donors (Lipinski definition) is 8. The van der Waals surface area contributed by atoms with Gasteiger partial charge in [-0.3, -0.25) is 29.5 Å². The van der Waals surface area contributed by atoms with Gasteiger partial charge >= 0.3 is 0 Å². The molecule has 0 aliphatic heterocycles. The molecule has 0 aromatic heterocycles. The van der Waals surface area contributed by atoms with Crippen LogP contribution in [0.3, 0.4) is 0 Å². The van der Waals surface area contributed by atoms with Gasteiger partial charge in [0.05, 0.1) is 38.0 Å². The van der Waals surface area contributed by atoms with Gasteiger partial charge < -0.3 is 19.7 Å². The Morgan fingerprint density at radius 2 is 1.11 bits per heavy atom. The van der Waals surface area contributed by atoms with E-state index in [0.29, 0.717) is 11.4 Å². The molecule has 0 atom stereocenters. The van der Waals surface area contributed by atoms with Crippen molar-refractivity contribution < 1.29 is 49.5 Å². The standard InChI is InChI=1S/C34H28N6O11S4/c1-15-11-17(3-7-21(15)37-39-23-9-5-19-27(54(45,46)47)13-25(52-43)31(35)29(19)32(23)41)18-4-8-22(16(2)12-18)38-40-24-10-6-20-28(55(48,49)50)14-26(53-44)34(51-36)30(20)33(24)42/h3-14,37-38,43-44H,35-36H2,1-2H3,(H,45,46,47)(H,48,49,50)/b39-23+,40-24-. The third-order valence-electron chi connectivity index (χ3n) is 8.56. The Kier molecular flexibility index (Phi) is 10.8. The zero-order valence-corrected chi connectivity index (χ0v) is 31.5. The van der Waals surface area contributed by atoms with Crippen LogP contribution in [0.25, 0.3) is 23.3 Å². The second-order valence-electron chi connectivity index (χ2n) is 11.9. The number of aryl methyl sites for hydroxylation is 2. The predicted octanol–water partition coefficient (Wildman–Crippen LogP) is 5.78. The van der Waals surface area contributed by atoms with Gasteiger partial charge in [0.15, 0.2) is 5.75 Å². The zero-order chi connectivity index (χ0) is 40.0. The fourth-order valence-corrected chi connectivity index (χ4v) is 8.23. The molecular weight excluding hydrogens is 797 g/mol. The lowest BCUT2D eigenvalue weighted by Gasteiger charge is -2.19. The van der Waals surface area contributed by atoms with Gasteiger partial charge in [0.2, 0.25) is 11.6 Å². The molecule has 4 aromatic carbocycles. The van der Waals surface area contributed by atoms with Crippen molar-refractivity contribution in [2.24, 2.45) is 16.1 Å². The summed E-state index contributed by atoms with van der Waals surface area (Å²) in [6.07, 6.45) is 5.08. The van der Waals surface area contributed by atoms with Crippen molar-refractivity contribution in [3.8, 4) is 16.9 Å². The molecule has 284 valence electrons. The number of rotatable bonds is 10. The number of carbonyl (C=O) groups excluding carboxylic acids is 2. The van der Waals surface area contributed by atoms with Crippen LogP contribution in [-0.4, -0.2) is 58.0 Å². The number of nitrogens with zero attached hydrogens (tertiary/aromatic N) is 2. The third-order valence-corrected chi connectivity index (χ3v) is 11.4. The molecule has 0 saturated carbocycles. The van der Waals surface area contributed by atoms with Gasteiger partial charge in [-0.25, -0.2) is 0 Å². The minimum Gasteiger partial charge on any atom is -0.409 e.